The van der Waals surface area contributed by atoms with E-state index in [1.165, 1.54) is 5.56 Å². The monoisotopic (exact) mass is 359 g/mol. The van der Waals surface area contributed by atoms with Gasteiger partial charge in [-0.05, 0) is 24.1 Å². The summed E-state index contributed by atoms with van der Waals surface area (Å²) in [5.74, 6) is 0. The number of nitrogens with one attached hydrogen (secondary N) is 1. The van der Waals surface area contributed by atoms with Crippen molar-refractivity contribution < 1.29 is 14.2 Å². The van der Waals surface area contributed by atoms with E-state index in [2.05, 4.69) is 52.4 Å². The lowest BCUT2D eigenvalue weighted by molar-refractivity contribution is 0.0152. The molecule has 1 N–H and O–H groups in total. The Balaban J connectivity index is 1.81. The van der Waals surface area contributed by atoms with Crippen molar-refractivity contribution in [3.63, 3.8) is 0 Å². The highest BCUT2D eigenvalue weighted by molar-refractivity contribution is 9.10. The van der Waals surface area contributed by atoms with Gasteiger partial charge in [-0.25, -0.2) is 0 Å². The molecule has 0 atom stereocenters. The maximum atomic E-state index is 5.48. The minimum Gasteiger partial charge on any atom is -0.379 e. The highest BCUT2D eigenvalue weighted by Gasteiger charge is 1.94. The third kappa shape index (κ3) is 10.8. The lowest BCUT2D eigenvalue weighted by Crippen LogP contribution is -2.20. The van der Waals surface area contributed by atoms with Crippen LogP contribution in [-0.2, 0) is 20.8 Å². The molecule has 0 bridgehead atoms. The van der Waals surface area contributed by atoms with Crippen molar-refractivity contribution in [2.45, 2.75) is 19.9 Å². The van der Waals surface area contributed by atoms with Gasteiger partial charge in [0.05, 0.1) is 33.0 Å². The second kappa shape index (κ2) is 13.2. The molecule has 0 amide bonds. The first-order valence-corrected chi connectivity index (χ1v) is 8.30. The minimum absolute atomic E-state index is 0.627. The standard InChI is InChI=1S/C16H26BrNO3/c1-2-8-19-10-12-21-13-11-20-9-7-18-14-15-3-5-16(17)6-4-15/h3-6,18H,2,7-14H2,1H3. The first kappa shape index (κ1) is 18.6. The molecule has 1 aromatic rings. The quantitative estimate of drug-likeness (QED) is 0.549. The highest BCUT2D eigenvalue weighted by Crippen LogP contribution is 2.09. The Morgan fingerprint density at radius 1 is 0.857 bits per heavy atom. The molecule has 0 aromatic heterocycles. The van der Waals surface area contributed by atoms with Crippen LogP contribution < -0.4 is 5.32 Å². The van der Waals surface area contributed by atoms with Crippen LogP contribution in [0.2, 0.25) is 0 Å². The van der Waals surface area contributed by atoms with Gasteiger partial charge < -0.3 is 19.5 Å². The smallest absolute Gasteiger partial charge is 0.0701 e. The van der Waals surface area contributed by atoms with E-state index in [1.54, 1.807) is 0 Å². The van der Waals surface area contributed by atoms with E-state index in [1.807, 2.05) is 0 Å². The molecule has 4 nitrogen and oxygen atoms in total. The Kier molecular flexibility index (Phi) is 11.7. The largest absolute Gasteiger partial charge is 0.379 e. The van der Waals surface area contributed by atoms with Crippen LogP contribution in [0, 0.1) is 0 Å². The fourth-order valence-electron chi connectivity index (χ4n) is 1.67. The molecule has 0 heterocycles. The first-order valence-electron chi connectivity index (χ1n) is 7.51. The highest BCUT2D eigenvalue weighted by atomic mass is 79.9. The van der Waals surface area contributed by atoms with Crippen LogP contribution in [-0.4, -0.2) is 46.2 Å². The molecule has 0 radical (unpaired) electrons. The Morgan fingerprint density at radius 3 is 2.05 bits per heavy atom. The van der Waals surface area contributed by atoms with Crippen LogP contribution in [0.4, 0.5) is 0 Å². The maximum absolute atomic E-state index is 5.48. The second-order valence-electron chi connectivity index (χ2n) is 4.64. The molecule has 0 aliphatic rings. The van der Waals surface area contributed by atoms with Crippen molar-refractivity contribution in [2.75, 3.05) is 46.2 Å². The minimum atomic E-state index is 0.627. The van der Waals surface area contributed by atoms with Crippen molar-refractivity contribution in [3.8, 4) is 0 Å². The third-order valence-electron chi connectivity index (χ3n) is 2.76. The number of rotatable bonds is 13. The summed E-state index contributed by atoms with van der Waals surface area (Å²) in [5.41, 5.74) is 1.27. The van der Waals surface area contributed by atoms with Gasteiger partial charge in [0.15, 0.2) is 0 Å². The summed E-state index contributed by atoms with van der Waals surface area (Å²) in [6, 6.07) is 8.31. The molecule has 0 spiro atoms. The summed E-state index contributed by atoms with van der Waals surface area (Å²) in [7, 11) is 0. The van der Waals surface area contributed by atoms with Crippen LogP contribution in [0.3, 0.4) is 0 Å². The Labute approximate surface area is 136 Å². The molecule has 0 unspecified atom stereocenters. The van der Waals surface area contributed by atoms with E-state index < -0.39 is 0 Å². The summed E-state index contributed by atoms with van der Waals surface area (Å²) >= 11 is 3.43. The molecule has 0 saturated carbocycles. The molecule has 0 aliphatic carbocycles. The molecular formula is C16H26BrNO3. The van der Waals surface area contributed by atoms with E-state index >= 15 is 0 Å². The lowest BCUT2D eigenvalue weighted by atomic mass is 10.2. The van der Waals surface area contributed by atoms with Gasteiger partial charge in [-0.3, -0.25) is 0 Å². The van der Waals surface area contributed by atoms with E-state index in [-0.39, 0.29) is 0 Å². The number of halogens is 1. The van der Waals surface area contributed by atoms with Crippen LogP contribution >= 0.6 is 15.9 Å². The van der Waals surface area contributed by atoms with Crippen molar-refractivity contribution in [2.24, 2.45) is 0 Å². The zero-order chi connectivity index (χ0) is 15.2. The van der Waals surface area contributed by atoms with Crippen LogP contribution in [0.15, 0.2) is 28.7 Å². The molecule has 0 fully saturated rings. The Bertz CT molecular complexity index is 346. The zero-order valence-electron chi connectivity index (χ0n) is 12.8. The van der Waals surface area contributed by atoms with Crippen molar-refractivity contribution in [1.29, 1.82) is 0 Å². The fourth-order valence-corrected chi connectivity index (χ4v) is 1.93. The number of ether oxygens (including phenoxy) is 3. The fraction of sp³-hybridized carbons (Fsp3) is 0.625. The van der Waals surface area contributed by atoms with E-state index in [0.29, 0.717) is 33.0 Å². The predicted molar refractivity (Wildman–Crippen MR) is 88.6 cm³/mol. The predicted octanol–water partition coefficient (Wildman–Crippen LogP) is 3.00. The number of hydrogen-bond acceptors (Lipinski definition) is 4. The van der Waals surface area contributed by atoms with Gasteiger partial charge in [-0.1, -0.05) is 35.0 Å². The van der Waals surface area contributed by atoms with Crippen molar-refractivity contribution >= 4 is 15.9 Å². The topological polar surface area (TPSA) is 39.7 Å². The average molecular weight is 360 g/mol. The lowest BCUT2D eigenvalue weighted by Gasteiger charge is -2.07. The number of hydrogen-bond donors (Lipinski definition) is 1. The summed E-state index contributed by atoms with van der Waals surface area (Å²) in [6.07, 6.45) is 1.05. The van der Waals surface area contributed by atoms with Gasteiger partial charge in [0.25, 0.3) is 0 Å². The average Bonchev–Trinajstić information content (AvgIpc) is 2.50. The SMILES string of the molecule is CCCOCCOCCOCCNCc1ccc(Br)cc1. The normalized spacial score (nSPS) is 11.0. The van der Waals surface area contributed by atoms with Gasteiger partial charge in [0.2, 0.25) is 0 Å². The van der Waals surface area contributed by atoms with Crippen LogP contribution in [0.1, 0.15) is 18.9 Å². The van der Waals surface area contributed by atoms with Gasteiger partial charge >= 0.3 is 0 Å². The summed E-state index contributed by atoms with van der Waals surface area (Å²) in [6.45, 7) is 7.89. The molecule has 1 aromatic carbocycles. The molecule has 5 heteroatoms. The van der Waals surface area contributed by atoms with Gasteiger partial charge in [-0.15, -0.1) is 0 Å². The van der Waals surface area contributed by atoms with Crippen LogP contribution in [0.25, 0.3) is 0 Å². The first-order chi connectivity index (χ1) is 10.3. The van der Waals surface area contributed by atoms with Crippen LogP contribution in [0.5, 0.6) is 0 Å². The van der Waals surface area contributed by atoms with Crippen molar-refractivity contribution in [1.82, 2.24) is 5.32 Å². The summed E-state index contributed by atoms with van der Waals surface area (Å²) in [4.78, 5) is 0. The van der Waals surface area contributed by atoms with Gasteiger partial charge in [-0.2, -0.15) is 0 Å². The molecule has 0 aliphatic heterocycles. The Morgan fingerprint density at radius 2 is 1.43 bits per heavy atom. The number of benzene rings is 1. The molecule has 120 valence electrons. The molecule has 0 saturated heterocycles. The van der Waals surface area contributed by atoms with E-state index in [0.717, 1.165) is 30.6 Å². The zero-order valence-corrected chi connectivity index (χ0v) is 14.4. The van der Waals surface area contributed by atoms with E-state index in [9.17, 15) is 0 Å². The van der Waals surface area contributed by atoms with Gasteiger partial charge in [0, 0.05) is 24.2 Å². The maximum Gasteiger partial charge on any atom is 0.0701 e. The molecule has 21 heavy (non-hydrogen) atoms. The second-order valence-corrected chi connectivity index (χ2v) is 5.56. The molecule has 1 rings (SSSR count). The van der Waals surface area contributed by atoms with Crippen molar-refractivity contribution in [3.05, 3.63) is 34.3 Å². The van der Waals surface area contributed by atoms with Gasteiger partial charge in [0.1, 0.15) is 0 Å². The summed E-state index contributed by atoms with van der Waals surface area (Å²) in [5, 5.41) is 3.35. The van der Waals surface area contributed by atoms with E-state index in [4.69, 9.17) is 14.2 Å². The third-order valence-corrected chi connectivity index (χ3v) is 3.29. The molecular weight excluding hydrogens is 334 g/mol. The Hall–Kier alpha value is -0.460. The summed E-state index contributed by atoms with van der Waals surface area (Å²) < 4.78 is 17.3.